The summed E-state index contributed by atoms with van der Waals surface area (Å²) in [7, 11) is 0.320. The minimum absolute atomic E-state index is 0.113. The van der Waals surface area contributed by atoms with E-state index in [9.17, 15) is 19.2 Å². The number of unbranched alkanes of at least 4 members (excludes halogenated alkanes) is 3. The molecular weight excluding hydrogens is 881 g/mol. The van der Waals surface area contributed by atoms with E-state index in [1.165, 1.54) is 13.0 Å². The van der Waals surface area contributed by atoms with Crippen LogP contribution in [0.5, 0.6) is 23.0 Å². The Kier molecular flexibility index (Phi) is 22.4. The number of nitrogens with zero attached hydrogens (tertiary/aromatic N) is 4. The molecule has 0 bridgehead atoms. The number of carbonyl (C=O) groups excluding carboxylic acids is 4. The summed E-state index contributed by atoms with van der Waals surface area (Å²) in [5.41, 5.74) is 3.81. The first-order valence-corrected chi connectivity index (χ1v) is 28.4. The molecule has 1 atom stereocenters. The number of benzene rings is 4. The van der Waals surface area contributed by atoms with Crippen molar-refractivity contribution in [1.82, 2.24) is 0 Å². The molecule has 360 valence electrons. The number of hydrogen-bond acceptors (Lipinski definition) is 13. The molecule has 0 saturated heterocycles. The molecule has 0 saturated carbocycles. The molecule has 0 aliphatic rings. The van der Waals surface area contributed by atoms with Crippen LogP contribution in [0.1, 0.15) is 105 Å². The molecule has 4 aromatic rings. The van der Waals surface area contributed by atoms with Crippen LogP contribution in [0.4, 0.5) is 22.7 Å². The molecule has 0 fully saturated rings. The van der Waals surface area contributed by atoms with Gasteiger partial charge in [-0.25, -0.2) is 0 Å². The summed E-state index contributed by atoms with van der Waals surface area (Å²) in [6, 6.07) is 24.3. The Morgan fingerprint density at radius 2 is 0.985 bits per heavy atom. The lowest BCUT2D eigenvalue weighted by Crippen LogP contribution is -2.26. The van der Waals surface area contributed by atoms with Crippen LogP contribution in [-0.2, 0) is 34.1 Å². The maximum absolute atomic E-state index is 12.8. The van der Waals surface area contributed by atoms with Gasteiger partial charge >= 0.3 is 17.9 Å². The van der Waals surface area contributed by atoms with Gasteiger partial charge in [0.2, 0.25) is 0 Å². The number of rotatable bonds is 21. The molecular formula is C52H70N4O9Si2. The number of azo groups is 2. The molecule has 0 N–H and O–H groups in total. The number of Topliss-reactive ketones (excluding diaryl/α,β-unsaturated/α-hetero) is 1. The number of allylic oxidation sites excluding steroid dienone is 1. The van der Waals surface area contributed by atoms with E-state index in [1.54, 1.807) is 67.8 Å². The van der Waals surface area contributed by atoms with Gasteiger partial charge in [-0.15, -0.1) is 6.58 Å². The average Bonchev–Trinajstić information content (AvgIpc) is 3.25. The van der Waals surface area contributed by atoms with Crippen LogP contribution in [0, 0.1) is 5.92 Å². The van der Waals surface area contributed by atoms with Crippen molar-refractivity contribution in [1.29, 1.82) is 0 Å². The van der Waals surface area contributed by atoms with Gasteiger partial charge in [-0.1, -0.05) is 60.5 Å². The van der Waals surface area contributed by atoms with Gasteiger partial charge in [-0.2, -0.15) is 20.5 Å². The van der Waals surface area contributed by atoms with Crippen LogP contribution in [0.3, 0.4) is 0 Å². The van der Waals surface area contributed by atoms with Crippen molar-refractivity contribution in [3.8, 4) is 23.0 Å². The van der Waals surface area contributed by atoms with Gasteiger partial charge < -0.3 is 23.1 Å². The number of ether oxygens (including phenoxy) is 4. The molecule has 0 spiro atoms. The van der Waals surface area contributed by atoms with Crippen molar-refractivity contribution in [2.45, 2.75) is 130 Å². The van der Waals surface area contributed by atoms with Crippen molar-refractivity contribution in [2.75, 3.05) is 7.11 Å². The molecule has 0 aliphatic carbocycles. The van der Waals surface area contributed by atoms with E-state index in [0.717, 1.165) is 29.7 Å². The fourth-order valence-corrected chi connectivity index (χ4v) is 10.9. The first kappa shape index (κ1) is 55.4. The van der Waals surface area contributed by atoms with Crippen molar-refractivity contribution >= 4 is 64.5 Å². The molecule has 1 unspecified atom stereocenters. The average molecular weight is 951 g/mol. The van der Waals surface area contributed by atoms with E-state index in [2.05, 4.69) is 74.0 Å². The number of esters is 3. The minimum atomic E-state index is -0.894. The summed E-state index contributed by atoms with van der Waals surface area (Å²) in [6.07, 6.45) is 5.01. The predicted octanol–water partition coefficient (Wildman–Crippen LogP) is 13.6. The van der Waals surface area contributed by atoms with Gasteiger partial charge in [-0.05, 0) is 148 Å². The van der Waals surface area contributed by atoms with Gasteiger partial charge in [0.15, 0.2) is 18.1 Å². The molecule has 0 aromatic heterocycles. The lowest BCUT2D eigenvalue weighted by atomic mass is 9.86. The van der Waals surface area contributed by atoms with E-state index in [4.69, 9.17) is 23.1 Å². The third-order valence-electron chi connectivity index (χ3n) is 9.91. The van der Waals surface area contributed by atoms with Gasteiger partial charge in [0, 0.05) is 24.0 Å². The third-order valence-corrected chi connectivity index (χ3v) is 14.3. The Morgan fingerprint density at radius 1 is 0.582 bits per heavy atom. The fraction of sp³-hybridized carbons (Fsp3) is 0.423. The molecule has 4 aromatic carbocycles. The van der Waals surface area contributed by atoms with E-state index >= 15 is 0 Å². The molecule has 15 heteroatoms. The largest absolute Gasteiger partial charge is 0.496 e. The van der Waals surface area contributed by atoms with Gasteiger partial charge in [0.05, 0.1) is 29.9 Å². The molecule has 0 aliphatic heterocycles. The van der Waals surface area contributed by atoms with Crippen LogP contribution in [-0.4, -0.2) is 48.9 Å². The maximum Gasteiger partial charge on any atom is 0.322 e. The fourth-order valence-electron chi connectivity index (χ4n) is 6.57. The van der Waals surface area contributed by atoms with Gasteiger partial charge in [-0.3, -0.25) is 19.2 Å². The topological polar surface area (TPSA) is 164 Å². The van der Waals surface area contributed by atoms with Crippen LogP contribution in [0.25, 0.3) is 0 Å². The maximum atomic E-state index is 12.8. The zero-order valence-electron chi connectivity index (χ0n) is 41.5. The summed E-state index contributed by atoms with van der Waals surface area (Å²) in [5, 5.41) is 17.4. The number of carbonyl (C=O) groups is 4. The second kappa shape index (κ2) is 27.0. The molecule has 13 nitrogen and oxygen atoms in total. The van der Waals surface area contributed by atoms with Crippen LogP contribution in [0.2, 0.25) is 26.2 Å². The highest BCUT2D eigenvalue weighted by atomic mass is 28.4. The lowest BCUT2D eigenvalue weighted by molar-refractivity contribution is -0.143. The summed E-state index contributed by atoms with van der Waals surface area (Å²) in [5.74, 6) is -0.486. The van der Waals surface area contributed by atoms with Crippen molar-refractivity contribution < 1.29 is 42.2 Å². The Hall–Kier alpha value is -5.91. The molecule has 0 radical (unpaired) electrons. The molecule has 0 amide bonds. The van der Waals surface area contributed by atoms with Crippen molar-refractivity contribution in [2.24, 2.45) is 26.4 Å². The van der Waals surface area contributed by atoms with E-state index in [-0.39, 0.29) is 53.6 Å². The quantitative estimate of drug-likeness (QED) is 0.0150. The third kappa shape index (κ3) is 20.2. The first-order valence-electron chi connectivity index (χ1n) is 22.9. The van der Waals surface area contributed by atoms with Crippen molar-refractivity contribution in [3.63, 3.8) is 0 Å². The molecule has 4 rings (SSSR count). The Balaban J connectivity index is 0.00000157. The smallest absolute Gasteiger partial charge is 0.322 e. The van der Waals surface area contributed by atoms with Gasteiger partial charge in [0.1, 0.15) is 34.7 Å². The summed E-state index contributed by atoms with van der Waals surface area (Å²) >= 11 is 0. The highest BCUT2D eigenvalue weighted by Crippen LogP contribution is 2.37. The van der Waals surface area contributed by atoms with E-state index < -0.39 is 30.0 Å². The summed E-state index contributed by atoms with van der Waals surface area (Å²) in [6.45, 7) is 26.2. The summed E-state index contributed by atoms with van der Waals surface area (Å²) in [4.78, 5) is 49.5. The monoisotopic (exact) mass is 950 g/mol. The highest BCUT2D eigenvalue weighted by Gasteiger charge is 2.25. The van der Waals surface area contributed by atoms with E-state index in [0.29, 0.717) is 47.1 Å². The minimum Gasteiger partial charge on any atom is -0.496 e. The number of hydrogen-bond donors (Lipinski definition) is 0. The zero-order chi connectivity index (χ0) is 49.7. The first-order chi connectivity index (χ1) is 31.6. The van der Waals surface area contributed by atoms with Gasteiger partial charge in [0.25, 0.3) is 0 Å². The van der Waals surface area contributed by atoms with Crippen LogP contribution < -0.4 is 18.9 Å². The Labute approximate surface area is 400 Å². The standard InChI is InChI=1S/C48H56N4O8.C4H14OSi2/c1-10-15-39(32(2)53)46(56)59-38-26-20-34(21-27-38)50-52-36-23-29-43(41(31-36)48(6,7)8)60-45(55)17-14-12-11-13-16-44(54)58-37-24-18-33(19-25-37)49-51-35-22-28-42(57-9)40(30-35)47(3,4)5;1-6(2)5-7(3)4/h10,18-31,39H,1,11-17H2,2-9H3;6-7H,1-4H3. The SMILES string of the molecule is C=CCC(C(C)=O)C(=O)Oc1ccc(N=Nc2ccc(OC(=O)CCCCCCC(=O)Oc3ccc(N=Nc4ccc(OC)c(C(C)(C)C)c4)cc3)c(C(C)(C)C)c2)cc1.C[SiH](C)O[SiH](C)C. The second-order valence-corrected chi connectivity index (χ2v) is 23.9. The van der Waals surface area contributed by atoms with E-state index in [1.807, 2.05) is 45.0 Å². The van der Waals surface area contributed by atoms with Crippen molar-refractivity contribution in [3.05, 3.63) is 109 Å². The lowest BCUT2D eigenvalue weighted by Gasteiger charge is -2.22. The zero-order valence-corrected chi connectivity index (χ0v) is 43.8. The highest BCUT2D eigenvalue weighted by molar-refractivity contribution is 6.63. The Morgan fingerprint density at radius 3 is 1.39 bits per heavy atom. The number of ketones is 1. The second-order valence-electron chi connectivity index (χ2n) is 18.7. The normalized spacial score (nSPS) is 12.1. The van der Waals surface area contributed by atoms with Crippen LogP contribution >= 0.6 is 0 Å². The van der Waals surface area contributed by atoms with Crippen LogP contribution in [0.15, 0.2) is 118 Å². The Bertz CT molecular complexity index is 2310. The molecule has 0 heterocycles. The predicted molar refractivity (Wildman–Crippen MR) is 271 cm³/mol. The molecule has 67 heavy (non-hydrogen) atoms. The summed E-state index contributed by atoms with van der Waals surface area (Å²) < 4.78 is 27.7. The number of methoxy groups -OCH3 is 1.